The molecule has 0 fully saturated rings. The zero-order chi connectivity index (χ0) is 15.2. The van der Waals surface area contributed by atoms with Gasteiger partial charge in [0.05, 0.1) is 5.02 Å². The molecule has 0 aliphatic rings. The van der Waals surface area contributed by atoms with E-state index in [2.05, 4.69) is 22.4 Å². The Hall–Kier alpha value is -1.72. The van der Waals surface area contributed by atoms with Gasteiger partial charge in [-0.25, -0.2) is 0 Å². The number of benzene rings is 1. The minimum Gasteiger partial charge on any atom is -0.482 e. The van der Waals surface area contributed by atoms with Crippen LogP contribution in [0, 0.1) is 0 Å². The Morgan fingerprint density at radius 3 is 2.90 bits per heavy atom. The highest BCUT2D eigenvalue weighted by Gasteiger charge is 2.08. The van der Waals surface area contributed by atoms with E-state index in [4.69, 9.17) is 27.9 Å². The highest BCUT2D eigenvalue weighted by Crippen LogP contribution is 2.27. The number of amides is 1. The number of nitrogens with one attached hydrogen (secondary N) is 2. The van der Waals surface area contributed by atoms with Crippen LogP contribution in [-0.2, 0) is 11.2 Å². The van der Waals surface area contributed by atoms with E-state index in [1.807, 2.05) is 0 Å². The molecule has 0 aliphatic carbocycles. The highest BCUT2D eigenvalue weighted by atomic mass is 35.5. The molecule has 0 saturated heterocycles. The molecule has 1 amide bonds. The summed E-state index contributed by atoms with van der Waals surface area (Å²) >= 11 is 11.7. The van der Waals surface area contributed by atoms with Crippen LogP contribution in [0.15, 0.2) is 24.3 Å². The molecule has 0 bridgehead atoms. The molecule has 0 radical (unpaired) electrons. The van der Waals surface area contributed by atoms with Gasteiger partial charge in [-0.15, -0.1) is 0 Å². The maximum atomic E-state index is 11.8. The van der Waals surface area contributed by atoms with Gasteiger partial charge in [0.25, 0.3) is 5.91 Å². The second kappa shape index (κ2) is 7.33. The van der Waals surface area contributed by atoms with E-state index < -0.39 is 0 Å². The maximum Gasteiger partial charge on any atom is 0.263 e. The minimum absolute atomic E-state index is 0.155. The zero-order valence-corrected chi connectivity index (χ0v) is 13.0. The number of halogens is 2. The molecular formula is C14H15Cl2N3O2. The van der Waals surface area contributed by atoms with E-state index in [1.54, 1.807) is 24.3 Å². The fourth-order valence-electron chi connectivity index (χ4n) is 1.74. The number of H-pyrrole nitrogens is 1. The van der Waals surface area contributed by atoms with Crippen LogP contribution in [0.4, 0.5) is 5.82 Å². The topological polar surface area (TPSA) is 67.0 Å². The van der Waals surface area contributed by atoms with Crippen LogP contribution >= 0.6 is 23.2 Å². The van der Waals surface area contributed by atoms with E-state index in [0.29, 0.717) is 21.6 Å². The number of hydrogen-bond donors (Lipinski definition) is 2. The Labute approximate surface area is 132 Å². The number of aryl methyl sites for hydroxylation is 1. The van der Waals surface area contributed by atoms with Crippen LogP contribution in [0.1, 0.15) is 19.0 Å². The molecule has 0 aliphatic heterocycles. The van der Waals surface area contributed by atoms with Crippen LogP contribution in [-0.4, -0.2) is 22.7 Å². The third-order valence-corrected chi connectivity index (χ3v) is 3.20. The fourth-order valence-corrected chi connectivity index (χ4v) is 2.20. The normalized spacial score (nSPS) is 10.4. The molecule has 21 heavy (non-hydrogen) atoms. The maximum absolute atomic E-state index is 11.8. The number of carbonyl (C=O) groups excluding carboxylic acids is 1. The number of ether oxygens (including phenoxy) is 1. The quantitative estimate of drug-likeness (QED) is 0.850. The molecule has 5 nitrogen and oxygen atoms in total. The fraction of sp³-hybridized carbons (Fsp3) is 0.286. The third kappa shape index (κ3) is 4.65. The van der Waals surface area contributed by atoms with Crippen LogP contribution in [0.3, 0.4) is 0 Å². The van der Waals surface area contributed by atoms with Crippen molar-refractivity contribution in [2.45, 2.75) is 19.8 Å². The molecule has 1 heterocycles. The zero-order valence-electron chi connectivity index (χ0n) is 11.5. The predicted octanol–water partition coefficient (Wildman–Crippen LogP) is 3.69. The summed E-state index contributed by atoms with van der Waals surface area (Å²) in [5, 5.41) is 10.4. The Bertz CT molecular complexity index is 628. The molecule has 0 unspecified atom stereocenters. The molecule has 2 N–H and O–H groups in total. The van der Waals surface area contributed by atoms with Crippen LogP contribution < -0.4 is 10.1 Å². The van der Waals surface area contributed by atoms with Crippen molar-refractivity contribution in [2.75, 3.05) is 11.9 Å². The van der Waals surface area contributed by atoms with E-state index in [0.717, 1.165) is 18.5 Å². The Balaban J connectivity index is 1.86. The molecule has 7 heteroatoms. The minimum atomic E-state index is -0.310. The molecule has 0 saturated carbocycles. The number of aromatic nitrogens is 2. The summed E-state index contributed by atoms with van der Waals surface area (Å²) in [6.45, 7) is 1.92. The number of carbonyl (C=O) groups is 1. The van der Waals surface area contributed by atoms with Crippen molar-refractivity contribution in [3.05, 3.63) is 40.0 Å². The second-order valence-corrected chi connectivity index (χ2v) is 5.28. The van der Waals surface area contributed by atoms with E-state index in [-0.39, 0.29) is 12.5 Å². The summed E-state index contributed by atoms with van der Waals surface area (Å²) in [7, 11) is 0. The summed E-state index contributed by atoms with van der Waals surface area (Å²) in [5.41, 5.74) is 0.981. The van der Waals surface area contributed by atoms with Gasteiger partial charge in [0.1, 0.15) is 5.75 Å². The summed E-state index contributed by atoms with van der Waals surface area (Å²) in [6, 6.07) is 6.62. The molecule has 112 valence electrons. The van der Waals surface area contributed by atoms with Crippen molar-refractivity contribution in [3.8, 4) is 5.75 Å². The van der Waals surface area contributed by atoms with Gasteiger partial charge < -0.3 is 10.1 Å². The first-order valence-corrected chi connectivity index (χ1v) is 7.26. The molecule has 0 atom stereocenters. The van der Waals surface area contributed by atoms with Crippen molar-refractivity contribution >= 4 is 34.9 Å². The molecule has 0 spiro atoms. The van der Waals surface area contributed by atoms with Crippen LogP contribution in [0.5, 0.6) is 5.75 Å². The lowest BCUT2D eigenvalue weighted by atomic mass is 10.2. The Morgan fingerprint density at radius 1 is 1.38 bits per heavy atom. The molecule has 1 aromatic heterocycles. The van der Waals surface area contributed by atoms with Crippen molar-refractivity contribution in [1.29, 1.82) is 0 Å². The largest absolute Gasteiger partial charge is 0.482 e. The van der Waals surface area contributed by atoms with Crippen molar-refractivity contribution in [3.63, 3.8) is 0 Å². The smallest absolute Gasteiger partial charge is 0.263 e. The van der Waals surface area contributed by atoms with E-state index >= 15 is 0 Å². The predicted molar refractivity (Wildman–Crippen MR) is 83.2 cm³/mol. The lowest BCUT2D eigenvalue weighted by Gasteiger charge is -2.07. The molecule has 1 aromatic carbocycles. The van der Waals surface area contributed by atoms with Gasteiger partial charge in [-0.2, -0.15) is 5.10 Å². The number of anilines is 1. The number of rotatable bonds is 6. The second-order valence-electron chi connectivity index (χ2n) is 4.44. The summed E-state index contributed by atoms with van der Waals surface area (Å²) < 4.78 is 5.34. The van der Waals surface area contributed by atoms with Gasteiger partial charge in [-0.05, 0) is 24.6 Å². The summed E-state index contributed by atoms with van der Waals surface area (Å²) in [4.78, 5) is 11.8. The molecule has 2 aromatic rings. The number of hydrogen-bond acceptors (Lipinski definition) is 3. The van der Waals surface area contributed by atoms with Gasteiger partial charge in [0, 0.05) is 16.8 Å². The van der Waals surface area contributed by atoms with Crippen LogP contribution in [0.2, 0.25) is 10.0 Å². The lowest BCUT2D eigenvalue weighted by Crippen LogP contribution is -2.20. The SMILES string of the molecule is CCCc1cc(NC(=O)COc2ccc(Cl)cc2Cl)n[nH]1. The summed E-state index contributed by atoms with van der Waals surface area (Å²) in [6.07, 6.45) is 1.90. The standard InChI is InChI=1S/C14H15Cl2N3O2/c1-2-3-10-7-13(19-18-10)17-14(20)8-21-12-5-4-9(15)6-11(12)16/h4-7H,2-3,8H2,1H3,(H2,17,18,19,20). The van der Waals surface area contributed by atoms with Crippen LogP contribution in [0.25, 0.3) is 0 Å². The van der Waals surface area contributed by atoms with Gasteiger partial charge >= 0.3 is 0 Å². The van der Waals surface area contributed by atoms with Crippen molar-refractivity contribution in [1.82, 2.24) is 10.2 Å². The first-order valence-electron chi connectivity index (χ1n) is 6.50. The van der Waals surface area contributed by atoms with E-state index in [9.17, 15) is 4.79 Å². The van der Waals surface area contributed by atoms with Crippen molar-refractivity contribution in [2.24, 2.45) is 0 Å². The lowest BCUT2D eigenvalue weighted by molar-refractivity contribution is -0.118. The summed E-state index contributed by atoms with van der Waals surface area (Å²) in [5.74, 6) is 0.578. The monoisotopic (exact) mass is 327 g/mol. The van der Waals surface area contributed by atoms with E-state index in [1.165, 1.54) is 0 Å². The molecular weight excluding hydrogens is 313 g/mol. The van der Waals surface area contributed by atoms with Gasteiger partial charge in [-0.3, -0.25) is 9.89 Å². The highest BCUT2D eigenvalue weighted by molar-refractivity contribution is 6.35. The third-order valence-electron chi connectivity index (χ3n) is 2.67. The first kappa shape index (κ1) is 15.7. The number of aromatic amines is 1. The average Bonchev–Trinajstić information content (AvgIpc) is 2.85. The Kier molecular flexibility index (Phi) is 5.47. The van der Waals surface area contributed by atoms with Crippen molar-refractivity contribution < 1.29 is 9.53 Å². The number of nitrogens with zero attached hydrogens (tertiary/aromatic N) is 1. The average molecular weight is 328 g/mol. The molecule has 2 rings (SSSR count). The Morgan fingerprint density at radius 2 is 2.19 bits per heavy atom. The van der Waals surface area contributed by atoms with Gasteiger partial charge in [0.2, 0.25) is 0 Å². The first-order chi connectivity index (χ1) is 10.1. The van der Waals surface area contributed by atoms with Gasteiger partial charge in [-0.1, -0.05) is 36.5 Å². The van der Waals surface area contributed by atoms with Gasteiger partial charge in [0.15, 0.2) is 12.4 Å².